The number of halogens is 1. The van der Waals surface area contributed by atoms with Crippen LogP contribution in [0.5, 0.6) is 0 Å². The fourth-order valence-electron chi connectivity index (χ4n) is 1.40. The molecule has 0 saturated heterocycles. The van der Waals surface area contributed by atoms with Crippen molar-refractivity contribution in [2.75, 3.05) is 0 Å². The third-order valence-corrected chi connectivity index (χ3v) is 2.55. The highest BCUT2D eigenvalue weighted by molar-refractivity contribution is 9.10. The predicted molar refractivity (Wildman–Crippen MR) is 51.1 cm³/mol. The van der Waals surface area contributed by atoms with Gasteiger partial charge in [0.2, 0.25) is 0 Å². The van der Waals surface area contributed by atoms with Crippen LogP contribution >= 0.6 is 15.9 Å². The average Bonchev–Trinajstić information content (AvgIpc) is 2.07. The first kappa shape index (κ1) is 7.92. The van der Waals surface area contributed by atoms with Crippen molar-refractivity contribution in [1.29, 1.82) is 0 Å². The van der Waals surface area contributed by atoms with Crippen LogP contribution in [0.15, 0.2) is 32.9 Å². The molecule has 0 saturated carbocycles. The lowest BCUT2D eigenvalue weighted by Crippen LogP contribution is -2.00. The van der Waals surface area contributed by atoms with E-state index in [1.165, 1.54) is 11.1 Å². The average molecular weight is 225 g/mol. The van der Waals surface area contributed by atoms with Gasteiger partial charge in [0.25, 0.3) is 0 Å². The van der Waals surface area contributed by atoms with Crippen molar-refractivity contribution in [2.45, 2.75) is 19.5 Å². The molecule has 1 aliphatic heterocycles. The molecule has 2 rings (SSSR count). The second-order valence-electron chi connectivity index (χ2n) is 2.93. The van der Waals surface area contributed by atoms with Crippen LogP contribution in [0.2, 0.25) is 0 Å². The van der Waals surface area contributed by atoms with Crippen LogP contribution in [0.25, 0.3) is 0 Å². The van der Waals surface area contributed by atoms with Crippen LogP contribution in [0.4, 0.5) is 0 Å². The molecule has 0 fully saturated rings. The van der Waals surface area contributed by atoms with Crippen molar-refractivity contribution in [3.8, 4) is 0 Å². The summed E-state index contributed by atoms with van der Waals surface area (Å²) in [6.07, 6.45) is 0. The molecular formula is C9H9BrN2. The van der Waals surface area contributed by atoms with Crippen LogP contribution in [-0.4, -0.2) is 0 Å². The van der Waals surface area contributed by atoms with Gasteiger partial charge in [0.05, 0.1) is 12.6 Å². The van der Waals surface area contributed by atoms with Gasteiger partial charge in [0.1, 0.15) is 0 Å². The summed E-state index contributed by atoms with van der Waals surface area (Å²) in [6, 6.07) is 6.49. The Labute approximate surface area is 79.8 Å². The second kappa shape index (κ2) is 2.98. The van der Waals surface area contributed by atoms with Gasteiger partial charge in [-0.1, -0.05) is 22.0 Å². The van der Waals surface area contributed by atoms with E-state index in [9.17, 15) is 0 Å². The van der Waals surface area contributed by atoms with Crippen molar-refractivity contribution >= 4 is 15.9 Å². The molecule has 1 unspecified atom stereocenters. The molecule has 1 heterocycles. The molecule has 1 aromatic rings. The number of rotatable bonds is 0. The lowest BCUT2D eigenvalue weighted by atomic mass is 10.0. The molecule has 0 bridgehead atoms. The Hall–Kier alpha value is -0.700. The van der Waals surface area contributed by atoms with E-state index in [1.54, 1.807) is 0 Å². The molecule has 1 aromatic carbocycles. The van der Waals surface area contributed by atoms with E-state index in [0.29, 0.717) is 0 Å². The fraction of sp³-hybridized carbons (Fsp3) is 0.333. The molecule has 0 amide bonds. The first-order valence-corrected chi connectivity index (χ1v) is 4.71. The molecule has 2 nitrogen and oxygen atoms in total. The van der Waals surface area contributed by atoms with Gasteiger partial charge >= 0.3 is 0 Å². The largest absolute Gasteiger partial charge is 0.189 e. The van der Waals surface area contributed by atoms with Crippen molar-refractivity contribution in [3.63, 3.8) is 0 Å². The molecule has 0 N–H and O–H groups in total. The number of azo groups is 1. The van der Waals surface area contributed by atoms with E-state index < -0.39 is 0 Å². The standard InChI is InChI=1S/C9H9BrN2/c1-6-9-4-8(10)3-2-7(9)5-11-12-6/h2-4,6H,5H2,1H3. The molecular weight excluding hydrogens is 216 g/mol. The summed E-state index contributed by atoms with van der Waals surface area (Å²) in [5.74, 6) is 0. The summed E-state index contributed by atoms with van der Waals surface area (Å²) in [4.78, 5) is 0. The molecule has 0 spiro atoms. The summed E-state index contributed by atoms with van der Waals surface area (Å²) in [7, 11) is 0. The monoisotopic (exact) mass is 224 g/mol. The SMILES string of the molecule is CC1N=NCc2ccc(Br)cc21. The van der Waals surface area contributed by atoms with Crippen molar-refractivity contribution < 1.29 is 0 Å². The van der Waals surface area contributed by atoms with Crippen LogP contribution in [-0.2, 0) is 6.54 Å². The maximum Gasteiger partial charge on any atom is 0.0933 e. The van der Waals surface area contributed by atoms with E-state index in [4.69, 9.17) is 0 Å². The van der Waals surface area contributed by atoms with Gasteiger partial charge in [-0.15, -0.1) is 0 Å². The summed E-state index contributed by atoms with van der Waals surface area (Å²) < 4.78 is 1.12. The maximum absolute atomic E-state index is 4.12. The first-order valence-electron chi connectivity index (χ1n) is 3.92. The Bertz CT molecular complexity index is 333. The van der Waals surface area contributed by atoms with E-state index >= 15 is 0 Å². The number of benzene rings is 1. The third-order valence-electron chi connectivity index (χ3n) is 2.05. The smallest absolute Gasteiger partial charge is 0.0933 e. The fourth-order valence-corrected chi connectivity index (χ4v) is 1.78. The molecule has 1 aliphatic rings. The Morgan fingerprint density at radius 2 is 2.33 bits per heavy atom. The molecule has 12 heavy (non-hydrogen) atoms. The quantitative estimate of drug-likeness (QED) is 0.645. The first-order chi connectivity index (χ1) is 5.77. The van der Waals surface area contributed by atoms with Crippen LogP contribution in [0.1, 0.15) is 24.1 Å². The summed E-state index contributed by atoms with van der Waals surface area (Å²) in [6.45, 7) is 2.79. The minimum atomic E-state index is 0.214. The number of hydrogen-bond acceptors (Lipinski definition) is 2. The summed E-state index contributed by atoms with van der Waals surface area (Å²) >= 11 is 3.45. The highest BCUT2D eigenvalue weighted by Gasteiger charge is 2.13. The van der Waals surface area contributed by atoms with E-state index in [1.807, 2.05) is 6.07 Å². The van der Waals surface area contributed by atoms with Crippen LogP contribution in [0, 0.1) is 0 Å². The van der Waals surface area contributed by atoms with Crippen molar-refractivity contribution in [2.24, 2.45) is 10.2 Å². The Morgan fingerprint density at radius 3 is 3.17 bits per heavy atom. The lowest BCUT2D eigenvalue weighted by Gasteiger charge is -2.15. The minimum absolute atomic E-state index is 0.214. The maximum atomic E-state index is 4.12. The van der Waals surface area contributed by atoms with Gasteiger partial charge in [-0.3, -0.25) is 0 Å². The number of hydrogen-bond donors (Lipinski definition) is 0. The molecule has 0 aromatic heterocycles. The van der Waals surface area contributed by atoms with Crippen LogP contribution < -0.4 is 0 Å². The molecule has 62 valence electrons. The molecule has 1 atom stereocenters. The van der Waals surface area contributed by atoms with Gasteiger partial charge < -0.3 is 0 Å². The molecule has 0 radical (unpaired) electrons. The lowest BCUT2D eigenvalue weighted by molar-refractivity contribution is 0.673. The second-order valence-corrected chi connectivity index (χ2v) is 3.85. The zero-order valence-corrected chi connectivity index (χ0v) is 8.37. The topological polar surface area (TPSA) is 24.7 Å². The third kappa shape index (κ3) is 1.29. The van der Waals surface area contributed by atoms with Gasteiger partial charge in [-0.05, 0) is 30.2 Å². The normalized spacial score (nSPS) is 20.7. The van der Waals surface area contributed by atoms with E-state index in [2.05, 4.69) is 45.2 Å². The van der Waals surface area contributed by atoms with E-state index in [0.717, 1.165) is 11.0 Å². The highest BCUT2D eigenvalue weighted by Crippen LogP contribution is 2.29. The summed E-state index contributed by atoms with van der Waals surface area (Å²) in [5, 5.41) is 8.16. The zero-order valence-electron chi connectivity index (χ0n) is 6.79. The number of nitrogens with zero attached hydrogens (tertiary/aromatic N) is 2. The highest BCUT2D eigenvalue weighted by atomic mass is 79.9. The van der Waals surface area contributed by atoms with Gasteiger partial charge in [-0.2, -0.15) is 10.2 Å². The zero-order chi connectivity index (χ0) is 8.55. The van der Waals surface area contributed by atoms with E-state index in [-0.39, 0.29) is 6.04 Å². The Morgan fingerprint density at radius 1 is 1.50 bits per heavy atom. The van der Waals surface area contributed by atoms with Crippen LogP contribution in [0.3, 0.4) is 0 Å². The van der Waals surface area contributed by atoms with Gasteiger partial charge in [0.15, 0.2) is 0 Å². The number of fused-ring (bicyclic) bond motifs is 1. The Kier molecular flexibility index (Phi) is 1.97. The predicted octanol–water partition coefficient (Wildman–Crippen LogP) is 3.48. The van der Waals surface area contributed by atoms with Gasteiger partial charge in [-0.25, -0.2) is 0 Å². The molecule has 0 aliphatic carbocycles. The van der Waals surface area contributed by atoms with Crippen molar-refractivity contribution in [3.05, 3.63) is 33.8 Å². The van der Waals surface area contributed by atoms with Gasteiger partial charge in [0, 0.05) is 4.47 Å². The van der Waals surface area contributed by atoms with Crippen molar-refractivity contribution in [1.82, 2.24) is 0 Å². The molecule has 3 heteroatoms. The Balaban J connectivity index is 2.52. The summed E-state index contributed by atoms with van der Waals surface area (Å²) in [5.41, 5.74) is 2.58. The minimum Gasteiger partial charge on any atom is -0.189 e.